The molecule has 0 aromatic rings. The van der Waals surface area contributed by atoms with Crippen LogP contribution in [0.3, 0.4) is 0 Å². The third-order valence-electron chi connectivity index (χ3n) is 3.33. The maximum atomic E-state index is 12.5. The second-order valence-electron chi connectivity index (χ2n) is 6.87. The number of amides is 3. The van der Waals surface area contributed by atoms with Crippen LogP contribution in [0.25, 0.3) is 0 Å². The van der Waals surface area contributed by atoms with E-state index in [1.165, 1.54) is 0 Å². The van der Waals surface area contributed by atoms with Crippen molar-refractivity contribution in [2.24, 2.45) is 11.8 Å². The monoisotopic (exact) mass is 375 g/mol. The summed E-state index contributed by atoms with van der Waals surface area (Å²) in [6.45, 7) is 6.71. The number of carboxylic acid groups (broad SMARTS) is 1. The summed E-state index contributed by atoms with van der Waals surface area (Å²) in [7, 11) is 0. The first-order valence-corrected chi connectivity index (χ1v) is 8.40. The fourth-order valence-electron chi connectivity index (χ4n) is 2.21. The zero-order valence-electron chi connectivity index (χ0n) is 15.5. The Morgan fingerprint density at radius 1 is 0.769 bits per heavy atom. The van der Waals surface area contributed by atoms with Gasteiger partial charge in [0.2, 0.25) is 18.1 Å². The van der Waals surface area contributed by atoms with Crippen molar-refractivity contribution in [2.45, 2.75) is 58.9 Å². The Bertz CT molecular complexity index is 506. The van der Waals surface area contributed by atoms with Crippen LogP contribution in [0.1, 0.15) is 40.5 Å². The Labute approximate surface area is 152 Å². The van der Waals surface area contributed by atoms with Crippen LogP contribution < -0.4 is 16.0 Å². The number of rotatable bonds is 11. The van der Waals surface area contributed by atoms with E-state index in [1.54, 1.807) is 0 Å². The van der Waals surface area contributed by atoms with Crippen LogP contribution in [0.4, 0.5) is 0 Å². The highest BCUT2D eigenvalue weighted by Gasteiger charge is 2.29. The van der Waals surface area contributed by atoms with Crippen LogP contribution in [0.15, 0.2) is 0 Å². The van der Waals surface area contributed by atoms with Crippen molar-refractivity contribution in [3.8, 4) is 0 Å². The van der Waals surface area contributed by atoms with Crippen LogP contribution in [0, 0.1) is 11.8 Å². The van der Waals surface area contributed by atoms with Crippen molar-refractivity contribution in [3.05, 3.63) is 0 Å². The molecule has 0 unspecified atom stereocenters. The molecule has 6 N–H and O–H groups in total. The van der Waals surface area contributed by atoms with Gasteiger partial charge in [-0.2, -0.15) is 0 Å². The zero-order valence-corrected chi connectivity index (χ0v) is 15.5. The maximum absolute atomic E-state index is 12.5. The minimum absolute atomic E-state index is 0.00581. The highest BCUT2D eigenvalue weighted by Crippen LogP contribution is 2.09. The van der Waals surface area contributed by atoms with E-state index in [2.05, 4.69) is 16.0 Å². The highest BCUT2D eigenvalue weighted by atomic mass is 16.5. The fraction of sp³-hybridized carbons (Fsp3) is 0.750. The molecule has 0 fully saturated rings. The summed E-state index contributed by atoms with van der Waals surface area (Å²) in [6, 6.07) is -2.04. The van der Waals surface area contributed by atoms with Crippen molar-refractivity contribution < 1.29 is 34.5 Å². The summed E-state index contributed by atoms with van der Waals surface area (Å²) in [4.78, 5) is 46.7. The van der Waals surface area contributed by atoms with E-state index in [0.717, 1.165) is 0 Å². The van der Waals surface area contributed by atoms with Crippen LogP contribution in [-0.4, -0.2) is 63.9 Å². The van der Waals surface area contributed by atoms with Crippen molar-refractivity contribution in [2.75, 3.05) is 6.54 Å². The van der Waals surface area contributed by atoms with Gasteiger partial charge >= 0.3 is 5.97 Å². The number of aliphatic hydroxyl groups is 2. The molecule has 0 radical (unpaired) electrons. The number of carbonyl (C=O) groups is 4. The first kappa shape index (κ1) is 23.8. The molecule has 0 aromatic heterocycles. The lowest BCUT2D eigenvalue weighted by Crippen LogP contribution is -2.55. The van der Waals surface area contributed by atoms with E-state index in [-0.39, 0.29) is 24.7 Å². The molecule has 0 heterocycles. The van der Waals surface area contributed by atoms with Crippen molar-refractivity contribution in [1.82, 2.24) is 16.0 Å². The summed E-state index contributed by atoms with van der Waals surface area (Å²) in [6.07, 6.45) is -1.78. The van der Waals surface area contributed by atoms with Gasteiger partial charge < -0.3 is 31.3 Å². The largest absolute Gasteiger partial charge is 0.480 e. The van der Waals surface area contributed by atoms with Gasteiger partial charge in [-0.05, 0) is 24.7 Å². The molecule has 0 aliphatic rings. The number of hydrogen-bond acceptors (Lipinski definition) is 6. The third-order valence-corrected chi connectivity index (χ3v) is 3.33. The van der Waals surface area contributed by atoms with E-state index in [1.807, 2.05) is 27.7 Å². The molecular weight excluding hydrogens is 346 g/mol. The minimum atomic E-state index is -2.26. The molecule has 0 aliphatic carbocycles. The molecule has 0 bridgehead atoms. The smallest absolute Gasteiger partial charge is 0.322 e. The minimum Gasteiger partial charge on any atom is -0.480 e. The maximum Gasteiger partial charge on any atom is 0.322 e. The van der Waals surface area contributed by atoms with E-state index in [0.29, 0.717) is 0 Å². The van der Waals surface area contributed by atoms with Crippen molar-refractivity contribution >= 4 is 23.7 Å². The predicted octanol–water partition coefficient (Wildman–Crippen LogP) is -1.44. The van der Waals surface area contributed by atoms with Crippen LogP contribution >= 0.6 is 0 Å². The predicted molar refractivity (Wildman–Crippen MR) is 91.6 cm³/mol. The molecule has 0 rings (SSSR count). The van der Waals surface area contributed by atoms with E-state index >= 15 is 0 Å². The summed E-state index contributed by atoms with van der Waals surface area (Å²) in [5.74, 6) is -3.61. The number of aliphatic carboxylic acids is 1. The molecule has 2 atom stereocenters. The van der Waals surface area contributed by atoms with Gasteiger partial charge in [-0.3, -0.25) is 19.2 Å². The van der Waals surface area contributed by atoms with Gasteiger partial charge in [0.25, 0.3) is 5.91 Å². The van der Waals surface area contributed by atoms with Crippen LogP contribution in [0.5, 0.6) is 0 Å². The first-order chi connectivity index (χ1) is 11.9. The number of aliphatic hydroxyl groups excluding tert-OH is 1. The molecular formula is C16H29N3O7. The van der Waals surface area contributed by atoms with E-state index in [4.69, 9.17) is 15.3 Å². The summed E-state index contributed by atoms with van der Waals surface area (Å²) >= 11 is 0. The number of carboxylic acids is 1. The fourth-order valence-corrected chi connectivity index (χ4v) is 2.21. The average molecular weight is 375 g/mol. The van der Waals surface area contributed by atoms with Crippen molar-refractivity contribution in [1.29, 1.82) is 0 Å². The molecule has 0 saturated heterocycles. The van der Waals surface area contributed by atoms with Gasteiger partial charge in [0.1, 0.15) is 18.6 Å². The Morgan fingerprint density at radius 3 is 1.58 bits per heavy atom. The lowest BCUT2D eigenvalue weighted by atomic mass is 10.00. The van der Waals surface area contributed by atoms with Gasteiger partial charge in [-0.25, -0.2) is 0 Å². The average Bonchev–Trinajstić information content (AvgIpc) is 2.49. The van der Waals surface area contributed by atoms with Gasteiger partial charge in [-0.15, -0.1) is 0 Å². The highest BCUT2D eigenvalue weighted by molar-refractivity contribution is 5.93. The molecule has 0 saturated carbocycles. The van der Waals surface area contributed by atoms with Gasteiger partial charge in [0, 0.05) is 0 Å². The van der Waals surface area contributed by atoms with Crippen LogP contribution in [0.2, 0.25) is 0 Å². The van der Waals surface area contributed by atoms with E-state index in [9.17, 15) is 19.2 Å². The number of nitrogens with one attached hydrogen (secondary N) is 3. The third kappa shape index (κ3) is 9.94. The zero-order chi connectivity index (χ0) is 20.4. The molecule has 0 aromatic carbocycles. The Kier molecular flexibility index (Phi) is 10.5. The molecule has 150 valence electrons. The Morgan fingerprint density at radius 2 is 1.19 bits per heavy atom. The molecule has 0 spiro atoms. The number of hydrogen-bond donors (Lipinski definition) is 6. The number of carbonyl (C=O) groups excluding carboxylic acids is 3. The summed E-state index contributed by atoms with van der Waals surface area (Å²) in [5, 5.41) is 33.4. The second-order valence-corrected chi connectivity index (χ2v) is 6.87. The van der Waals surface area contributed by atoms with Crippen molar-refractivity contribution in [3.63, 3.8) is 0 Å². The van der Waals surface area contributed by atoms with Gasteiger partial charge in [0.05, 0.1) is 0 Å². The Hall–Kier alpha value is -2.20. The van der Waals surface area contributed by atoms with Gasteiger partial charge in [0.15, 0.2) is 0 Å². The van der Waals surface area contributed by atoms with Gasteiger partial charge in [-0.1, -0.05) is 27.7 Å². The molecule has 0 aliphatic heterocycles. The Balaban J connectivity index is 5.14. The van der Waals surface area contributed by atoms with Crippen LogP contribution in [-0.2, 0) is 19.2 Å². The second kappa shape index (κ2) is 11.4. The molecule has 3 amide bonds. The summed E-state index contributed by atoms with van der Waals surface area (Å²) in [5.41, 5.74) is 0. The normalized spacial score (nSPS) is 13.4. The molecule has 10 nitrogen and oxygen atoms in total. The summed E-state index contributed by atoms with van der Waals surface area (Å²) < 4.78 is 0. The molecule has 10 heteroatoms. The quantitative estimate of drug-likeness (QED) is 0.241. The molecule has 26 heavy (non-hydrogen) atoms. The lowest BCUT2D eigenvalue weighted by molar-refractivity contribution is -0.149. The lowest BCUT2D eigenvalue weighted by Gasteiger charge is -2.25. The SMILES string of the molecule is CC(C)C[C@H](NC(=O)C(O)O)C(=O)N[C@@H](CC(C)C)C(=O)NCC(=O)O. The van der Waals surface area contributed by atoms with E-state index < -0.39 is 48.6 Å². The standard InChI is InChI=1S/C16H29N3O7/c1-8(2)5-10(13(22)17-7-12(20)21)18-14(23)11(6-9(3)4)19-15(24)16(25)26/h8-11,16,25-26H,5-7H2,1-4H3,(H,17,22)(H,18,23)(H,19,24)(H,20,21)/t10-,11-/m0/s1. The first-order valence-electron chi connectivity index (χ1n) is 8.40. The topological polar surface area (TPSA) is 165 Å².